The van der Waals surface area contributed by atoms with Crippen molar-refractivity contribution in [3.63, 3.8) is 0 Å². The summed E-state index contributed by atoms with van der Waals surface area (Å²) < 4.78 is 6.71. The Labute approximate surface area is 174 Å². The molecule has 1 aromatic carbocycles. The van der Waals surface area contributed by atoms with Crippen LogP contribution in [-0.4, -0.2) is 56.3 Å². The molecule has 0 unspecified atom stereocenters. The molecule has 0 bridgehead atoms. The van der Waals surface area contributed by atoms with Crippen LogP contribution in [0.1, 0.15) is 44.1 Å². The molecule has 1 N–H and O–H groups in total. The van der Waals surface area contributed by atoms with Gasteiger partial charge in [0.1, 0.15) is 5.60 Å². The number of piperidine rings is 1. The van der Waals surface area contributed by atoms with Gasteiger partial charge in [-0.1, -0.05) is 6.07 Å². The van der Waals surface area contributed by atoms with Crippen LogP contribution in [-0.2, 0) is 4.74 Å². The molecule has 0 atom stereocenters. The van der Waals surface area contributed by atoms with Gasteiger partial charge in [-0.2, -0.15) is 5.10 Å². The number of ether oxygens (including phenoxy) is 1. The highest BCUT2D eigenvalue weighted by Crippen LogP contribution is 2.18. The van der Waals surface area contributed by atoms with Crippen LogP contribution >= 0.6 is 0 Å². The number of likely N-dealkylation sites (tertiary alicyclic amines) is 1. The molecule has 160 valence electrons. The molecule has 0 spiro atoms. The van der Waals surface area contributed by atoms with Crippen LogP contribution in [0.2, 0.25) is 0 Å². The fourth-order valence-corrected chi connectivity index (χ4v) is 3.19. The van der Waals surface area contributed by atoms with Crippen LogP contribution < -0.4 is 5.32 Å². The molecule has 1 fully saturated rings. The number of hydrogen-bond acceptors (Lipinski definition) is 6. The Morgan fingerprint density at radius 1 is 1.23 bits per heavy atom. The summed E-state index contributed by atoms with van der Waals surface area (Å²) in [6, 6.07) is 7.59. The van der Waals surface area contributed by atoms with Crippen molar-refractivity contribution in [3.8, 4) is 5.69 Å². The molecule has 3 rings (SSSR count). The van der Waals surface area contributed by atoms with Gasteiger partial charge in [0, 0.05) is 37.5 Å². The maximum Gasteiger partial charge on any atom is 0.407 e. The second kappa shape index (κ2) is 8.52. The monoisotopic (exact) mass is 415 g/mol. The Morgan fingerprint density at radius 3 is 2.57 bits per heavy atom. The molecule has 10 nitrogen and oxygen atoms in total. The van der Waals surface area contributed by atoms with Gasteiger partial charge >= 0.3 is 6.09 Å². The normalized spacial score (nSPS) is 15.0. The van der Waals surface area contributed by atoms with Gasteiger partial charge in [-0.25, -0.2) is 9.48 Å². The van der Waals surface area contributed by atoms with Crippen LogP contribution in [0, 0.1) is 10.1 Å². The number of nitro benzene ring substituents is 1. The lowest BCUT2D eigenvalue weighted by Crippen LogP contribution is -2.47. The molecular formula is C20H25N5O5. The molecule has 2 amide bonds. The van der Waals surface area contributed by atoms with Crippen molar-refractivity contribution in [1.82, 2.24) is 20.0 Å². The Balaban J connectivity index is 1.58. The summed E-state index contributed by atoms with van der Waals surface area (Å²) >= 11 is 0. The van der Waals surface area contributed by atoms with Crippen LogP contribution in [0.5, 0.6) is 0 Å². The third-order valence-corrected chi connectivity index (χ3v) is 4.62. The van der Waals surface area contributed by atoms with Crippen LogP contribution in [0.25, 0.3) is 5.69 Å². The van der Waals surface area contributed by atoms with Gasteiger partial charge in [0.15, 0.2) is 5.69 Å². The molecule has 1 aliphatic rings. The second-order valence-corrected chi connectivity index (χ2v) is 8.14. The highest BCUT2D eigenvalue weighted by molar-refractivity contribution is 5.92. The number of hydrogen-bond donors (Lipinski definition) is 1. The van der Waals surface area contributed by atoms with E-state index in [1.165, 1.54) is 16.8 Å². The van der Waals surface area contributed by atoms with Crippen molar-refractivity contribution in [2.75, 3.05) is 13.1 Å². The molecule has 2 heterocycles. The molecular weight excluding hydrogens is 390 g/mol. The molecule has 0 saturated carbocycles. The number of non-ortho nitro benzene ring substituents is 1. The van der Waals surface area contributed by atoms with E-state index in [0.29, 0.717) is 31.6 Å². The summed E-state index contributed by atoms with van der Waals surface area (Å²) in [7, 11) is 0. The number of aromatic nitrogens is 2. The molecule has 0 aliphatic carbocycles. The number of nitrogens with one attached hydrogen (secondary N) is 1. The fraction of sp³-hybridized carbons (Fsp3) is 0.450. The van der Waals surface area contributed by atoms with E-state index >= 15 is 0 Å². The summed E-state index contributed by atoms with van der Waals surface area (Å²) in [5.74, 6) is -0.213. The number of nitrogens with zero attached hydrogens (tertiary/aromatic N) is 4. The minimum atomic E-state index is -0.557. The molecule has 0 radical (unpaired) electrons. The maximum absolute atomic E-state index is 12.8. The number of carbonyl (C=O) groups excluding carboxylic acids is 2. The van der Waals surface area contributed by atoms with E-state index in [1.54, 1.807) is 50.1 Å². The first-order valence-electron chi connectivity index (χ1n) is 9.72. The van der Waals surface area contributed by atoms with Gasteiger partial charge in [0.2, 0.25) is 0 Å². The molecule has 30 heavy (non-hydrogen) atoms. The van der Waals surface area contributed by atoms with E-state index in [1.807, 2.05) is 0 Å². The van der Waals surface area contributed by atoms with Crippen molar-refractivity contribution in [1.29, 1.82) is 0 Å². The molecule has 1 saturated heterocycles. The average Bonchev–Trinajstić information content (AvgIpc) is 3.17. The third-order valence-electron chi connectivity index (χ3n) is 4.62. The van der Waals surface area contributed by atoms with Crippen LogP contribution in [0.15, 0.2) is 36.5 Å². The van der Waals surface area contributed by atoms with Crippen molar-refractivity contribution < 1.29 is 19.2 Å². The third kappa shape index (κ3) is 5.34. The predicted octanol–water partition coefficient (Wildman–Crippen LogP) is 2.91. The van der Waals surface area contributed by atoms with Gasteiger partial charge in [0.05, 0.1) is 10.6 Å². The highest BCUT2D eigenvalue weighted by Gasteiger charge is 2.27. The highest BCUT2D eigenvalue weighted by atomic mass is 16.6. The summed E-state index contributed by atoms with van der Waals surface area (Å²) in [6.07, 6.45) is 2.39. The topological polar surface area (TPSA) is 120 Å². The Hall–Kier alpha value is -3.43. The number of rotatable bonds is 4. The quantitative estimate of drug-likeness (QED) is 0.606. The Bertz CT molecular complexity index is 941. The second-order valence-electron chi connectivity index (χ2n) is 8.14. The predicted molar refractivity (Wildman–Crippen MR) is 109 cm³/mol. The summed E-state index contributed by atoms with van der Waals surface area (Å²) in [5, 5.41) is 18.1. The van der Waals surface area contributed by atoms with Crippen molar-refractivity contribution in [2.45, 2.75) is 45.3 Å². The minimum Gasteiger partial charge on any atom is -0.444 e. The van der Waals surface area contributed by atoms with Crippen molar-refractivity contribution in [2.24, 2.45) is 0 Å². The van der Waals surface area contributed by atoms with Gasteiger partial charge in [-0.3, -0.25) is 14.9 Å². The molecule has 1 aromatic heterocycles. The van der Waals surface area contributed by atoms with E-state index in [0.717, 1.165) is 0 Å². The lowest BCUT2D eigenvalue weighted by atomic mass is 10.0. The lowest BCUT2D eigenvalue weighted by Gasteiger charge is -2.32. The van der Waals surface area contributed by atoms with Crippen LogP contribution in [0.3, 0.4) is 0 Å². The lowest BCUT2D eigenvalue weighted by molar-refractivity contribution is -0.384. The zero-order valence-electron chi connectivity index (χ0n) is 17.2. The zero-order chi connectivity index (χ0) is 21.9. The zero-order valence-corrected chi connectivity index (χ0v) is 17.2. The van der Waals surface area contributed by atoms with Crippen molar-refractivity contribution >= 4 is 17.7 Å². The first-order valence-corrected chi connectivity index (χ1v) is 9.72. The fourth-order valence-electron chi connectivity index (χ4n) is 3.19. The summed E-state index contributed by atoms with van der Waals surface area (Å²) in [4.78, 5) is 36.8. The van der Waals surface area contributed by atoms with Crippen molar-refractivity contribution in [3.05, 3.63) is 52.3 Å². The van der Waals surface area contributed by atoms with E-state index in [2.05, 4.69) is 10.4 Å². The smallest absolute Gasteiger partial charge is 0.407 e. The van der Waals surface area contributed by atoms with Gasteiger partial charge < -0.3 is 15.0 Å². The standard InChI is InChI=1S/C20H25N5O5/c1-20(2,3)30-19(27)21-14-7-10-23(11-8-14)18(26)17-9-12-24(22-17)15-5-4-6-16(13-15)25(28)29/h4-6,9,12-14H,7-8,10-11H2,1-3H3,(H,21,27). The van der Waals surface area contributed by atoms with E-state index in [-0.39, 0.29) is 23.3 Å². The Morgan fingerprint density at radius 2 is 1.93 bits per heavy atom. The minimum absolute atomic E-state index is 0.0459. The number of amides is 2. The van der Waals surface area contributed by atoms with E-state index in [4.69, 9.17) is 4.74 Å². The number of carbonyl (C=O) groups is 2. The summed E-state index contributed by atoms with van der Waals surface area (Å²) in [6.45, 7) is 6.40. The average molecular weight is 415 g/mol. The number of alkyl carbamates (subject to hydrolysis) is 1. The van der Waals surface area contributed by atoms with Gasteiger partial charge in [-0.05, 0) is 45.7 Å². The number of nitro groups is 1. The first kappa shape index (κ1) is 21.3. The van der Waals surface area contributed by atoms with Gasteiger partial charge in [0.25, 0.3) is 11.6 Å². The number of benzene rings is 1. The Kier molecular flexibility index (Phi) is 6.04. The first-order chi connectivity index (χ1) is 14.1. The van der Waals surface area contributed by atoms with Gasteiger partial charge in [-0.15, -0.1) is 0 Å². The van der Waals surface area contributed by atoms with Crippen LogP contribution in [0.4, 0.5) is 10.5 Å². The van der Waals surface area contributed by atoms with E-state index < -0.39 is 16.6 Å². The van der Waals surface area contributed by atoms with E-state index in [9.17, 15) is 19.7 Å². The molecule has 2 aromatic rings. The molecule has 1 aliphatic heterocycles. The SMILES string of the molecule is CC(C)(C)OC(=O)NC1CCN(C(=O)c2ccn(-c3cccc([N+](=O)[O-])c3)n2)CC1. The largest absolute Gasteiger partial charge is 0.444 e. The molecule has 10 heteroatoms. The summed E-state index contributed by atoms with van der Waals surface area (Å²) in [5.41, 5.74) is 0.165. The maximum atomic E-state index is 12.8.